The van der Waals surface area contributed by atoms with Crippen LogP contribution < -0.4 is 5.32 Å². The SMILES string of the molecule is Cc1cc(Br)ccc1Nc1ncncc1I. The number of nitrogens with zero attached hydrogens (tertiary/aromatic N) is 2. The van der Waals surface area contributed by atoms with Crippen LogP contribution in [0.4, 0.5) is 11.5 Å². The summed E-state index contributed by atoms with van der Waals surface area (Å²) >= 11 is 5.65. The smallest absolute Gasteiger partial charge is 0.147 e. The second-order valence-corrected chi connectivity index (χ2v) is 5.38. The topological polar surface area (TPSA) is 37.8 Å². The Hall–Kier alpha value is -0.690. The van der Waals surface area contributed by atoms with Crippen molar-refractivity contribution >= 4 is 50.0 Å². The number of nitrogens with one attached hydrogen (secondary N) is 1. The van der Waals surface area contributed by atoms with Crippen molar-refractivity contribution < 1.29 is 0 Å². The van der Waals surface area contributed by atoms with Gasteiger partial charge in [-0.25, -0.2) is 9.97 Å². The van der Waals surface area contributed by atoms with Gasteiger partial charge in [-0.2, -0.15) is 0 Å². The van der Waals surface area contributed by atoms with E-state index >= 15 is 0 Å². The lowest BCUT2D eigenvalue weighted by Crippen LogP contribution is -1.98. The van der Waals surface area contributed by atoms with Crippen molar-refractivity contribution in [3.05, 3.63) is 44.3 Å². The van der Waals surface area contributed by atoms with E-state index in [9.17, 15) is 0 Å². The monoisotopic (exact) mass is 389 g/mol. The van der Waals surface area contributed by atoms with E-state index in [0.717, 1.165) is 19.5 Å². The van der Waals surface area contributed by atoms with Gasteiger partial charge in [-0.05, 0) is 53.3 Å². The molecule has 82 valence electrons. The van der Waals surface area contributed by atoms with E-state index in [2.05, 4.69) is 66.8 Å². The van der Waals surface area contributed by atoms with E-state index in [4.69, 9.17) is 0 Å². The summed E-state index contributed by atoms with van der Waals surface area (Å²) in [5, 5.41) is 3.29. The van der Waals surface area contributed by atoms with Crippen LogP contribution in [0, 0.1) is 10.5 Å². The summed E-state index contributed by atoms with van der Waals surface area (Å²) in [6, 6.07) is 6.09. The zero-order valence-corrected chi connectivity index (χ0v) is 12.3. The van der Waals surface area contributed by atoms with Gasteiger partial charge in [0, 0.05) is 16.4 Å². The van der Waals surface area contributed by atoms with Gasteiger partial charge in [-0.3, -0.25) is 0 Å². The Labute approximate surface area is 116 Å². The zero-order chi connectivity index (χ0) is 11.5. The maximum atomic E-state index is 4.20. The number of rotatable bonds is 2. The molecule has 2 rings (SSSR count). The van der Waals surface area contributed by atoms with Gasteiger partial charge in [0.1, 0.15) is 12.1 Å². The Morgan fingerprint density at radius 1 is 1.38 bits per heavy atom. The van der Waals surface area contributed by atoms with Crippen molar-refractivity contribution in [2.24, 2.45) is 0 Å². The molecule has 1 heterocycles. The summed E-state index contributed by atoms with van der Waals surface area (Å²) in [5.74, 6) is 0.834. The highest BCUT2D eigenvalue weighted by atomic mass is 127. The average Bonchev–Trinajstić information content (AvgIpc) is 2.25. The van der Waals surface area contributed by atoms with Crippen molar-refractivity contribution in [1.29, 1.82) is 0 Å². The van der Waals surface area contributed by atoms with Crippen LogP contribution >= 0.6 is 38.5 Å². The van der Waals surface area contributed by atoms with Gasteiger partial charge in [0.25, 0.3) is 0 Å². The molecule has 0 radical (unpaired) electrons. The lowest BCUT2D eigenvalue weighted by Gasteiger charge is -2.09. The van der Waals surface area contributed by atoms with Crippen molar-refractivity contribution in [2.75, 3.05) is 5.32 Å². The fourth-order valence-electron chi connectivity index (χ4n) is 1.30. The largest absolute Gasteiger partial charge is 0.339 e. The van der Waals surface area contributed by atoms with Crippen LogP contribution in [0.15, 0.2) is 35.2 Å². The molecule has 0 unspecified atom stereocenters. The summed E-state index contributed by atoms with van der Waals surface area (Å²) in [4.78, 5) is 8.15. The molecule has 0 saturated heterocycles. The molecule has 5 heteroatoms. The third-order valence-corrected chi connectivity index (χ3v) is 3.39. The van der Waals surface area contributed by atoms with Gasteiger partial charge in [-0.1, -0.05) is 15.9 Å². The lowest BCUT2D eigenvalue weighted by molar-refractivity contribution is 1.15. The van der Waals surface area contributed by atoms with E-state index in [-0.39, 0.29) is 0 Å². The molecule has 0 aliphatic rings. The minimum absolute atomic E-state index is 0.834. The summed E-state index contributed by atoms with van der Waals surface area (Å²) in [6.45, 7) is 2.06. The van der Waals surface area contributed by atoms with Crippen molar-refractivity contribution in [3.63, 3.8) is 0 Å². The first-order chi connectivity index (χ1) is 7.66. The Bertz CT molecular complexity index is 516. The van der Waals surface area contributed by atoms with Gasteiger partial charge in [0.15, 0.2) is 0 Å². The zero-order valence-electron chi connectivity index (χ0n) is 8.54. The van der Waals surface area contributed by atoms with Crippen LogP contribution in [0.2, 0.25) is 0 Å². The number of anilines is 2. The summed E-state index contributed by atoms with van der Waals surface area (Å²) < 4.78 is 2.08. The molecule has 2 aromatic rings. The highest BCUT2D eigenvalue weighted by Gasteiger charge is 2.03. The Balaban J connectivity index is 2.31. The molecule has 1 N–H and O–H groups in total. The first kappa shape index (κ1) is 11.8. The molecule has 1 aromatic heterocycles. The van der Waals surface area contributed by atoms with Crippen LogP contribution in [-0.2, 0) is 0 Å². The molecule has 0 fully saturated rings. The van der Waals surface area contributed by atoms with Crippen LogP contribution in [0.3, 0.4) is 0 Å². The van der Waals surface area contributed by atoms with Crippen molar-refractivity contribution in [3.8, 4) is 0 Å². The fourth-order valence-corrected chi connectivity index (χ4v) is 2.21. The van der Waals surface area contributed by atoms with Gasteiger partial charge >= 0.3 is 0 Å². The summed E-state index contributed by atoms with van der Waals surface area (Å²) in [7, 11) is 0. The van der Waals surface area contributed by atoms with Crippen LogP contribution in [0.1, 0.15) is 5.56 Å². The maximum absolute atomic E-state index is 4.20. The molecular formula is C11H9BrIN3. The first-order valence-corrected chi connectivity index (χ1v) is 6.52. The van der Waals surface area contributed by atoms with E-state index < -0.39 is 0 Å². The number of hydrogen-bond donors (Lipinski definition) is 1. The quantitative estimate of drug-likeness (QED) is 0.791. The Morgan fingerprint density at radius 3 is 2.88 bits per heavy atom. The Kier molecular flexibility index (Phi) is 3.75. The highest BCUT2D eigenvalue weighted by Crippen LogP contribution is 2.24. The van der Waals surface area contributed by atoms with E-state index in [0.29, 0.717) is 0 Å². The van der Waals surface area contributed by atoms with Gasteiger partial charge in [-0.15, -0.1) is 0 Å². The van der Waals surface area contributed by atoms with Crippen molar-refractivity contribution in [2.45, 2.75) is 6.92 Å². The lowest BCUT2D eigenvalue weighted by atomic mass is 10.2. The standard InChI is InChI=1S/C11H9BrIN3/c1-7-4-8(12)2-3-10(7)16-11-9(13)5-14-6-15-11/h2-6H,1H3,(H,14,15,16). The molecule has 0 amide bonds. The number of aryl methyl sites for hydroxylation is 1. The second-order valence-electron chi connectivity index (χ2n) is 3.30. The van der Waals surface area contributed by atoms with E-state index in [1.807, 2.05) is 12.1 Å². The van der Waals surface area contributed by atoms with E-state index in [1.54, 1.807) is 12.5 Å². The fraction of sp³-hybridized carbons (Fsp3) is 0.0909. The normalized spacial score (nSPS) is 10.2. The molecule has 0 saturated carbocycles. The number of hydrogen-bond acceptors (Lipinski definition) is 3. The summed E-state index contributed by atoms with van der Waals surface area (Å²) in [6.07, 6.45) is 3.32. The molecule has 0 bridgehead atoms. The predicted octanol–water partition coefficient (Wildman–Crippen LogP) is 3.90. The van der Waals surface area contributed by atoms with Crippen LogP contribution in [0.25, 0.3) is 0 Å². The minimum atomic E-state index is 0.834. The molecule has 16 heavy (non-hydrogen) atoms. The molecule has 3 nitrogen and oxygen atoms in total. The maximum Gasteiger partial charge on any atom is 0.147 e. The number of aromatic nitrogens is 2. The number of benzene rings is 1. The van der Waals surface area contributed by atoms with Crippen LogP contribution in [-0.4, -0.2) is 9.97 Å². The average molecular weight is 390 g/mol. The first-order valence-electron chi connectivity index (χ1n) is 4.65. The highest BCUT2D eigenvalue weighted by molar-refractivity contribution is 14.1. The number of halogens is 2. The van der Waals surface area contributed by atoms with E-state index in [1.165, 1.54) is 5.56 Å². The molecule has 1 aromatic carbocycles. The second kappa shape index (κ2) is 5.09. The third-order valence-electron chi connectivity index (χ3n) is 2.11. The van der Waals surface area contributed by atoms with Crippen LogP contribution in [0.5, 0.6) is 0 Å². The Morgan fingerprint density at radius 2 is 2.19 bits per heavy atom. The minimum Gasteiger partial charge on any atom is -0.339 e. The summed E-state index contributed by atoms with van der Waals surface area (Å²) in [5.41, 5.74) is 2.23. The predicted molar refractivity (Wildman–Crippen MR) is 76.9 cm³/mol. The third kappa shape index (κ3) is 2.70. The molecule has 0 spiro atoms. The van der Waals surface area contributed by atoms with Gasteiger partial charge < -0.3 is 5.32 Å². The molecule has 0 atom stereocenters. The van der Waals surface area contributed by atoms with Gasteiger partial charge in [0.2, 0.25) is 0 Å². The molecular weight excluding hydrogens is 381 g/mol. The molecule has 0 aliphatic heterocycles. The van der Waals surface area contributed by atoms with Gasteiger partial charge in [0.05, 0.1) is 3.57 Å². The molecule has 0 aliphatic carbocycles. The van der Waals surface area contributed by atoms with Crippen molar-refractivity contribution in [1.82, 2.24) is 9.97 Å².